The summed E-state index contributed by atoms with van der Waals surface area (Å²) >= 11 is 0. The van der Waals surface area contributed by atoms with Gasteiger partial charge in [-0.15, -0.1) is 0 Å². The summed E-state index contributed by atoms with van der Waals surface area (Å²) in [5, 5.41) is 31.6. The fourth-order valence-electron chi connectivity index (χ4n) is 2.18. The van der Waals surface area contributed by atoms with Crippen molar-refractivity contribution in [3.05, 3.63) is 79.2 Å². The number of hydrogen-bond donors (Lipinski definition) is 4. The van der Waals surface area contributed by atoms with Crippen molar-refractivity contribution in [3.8, 4) is 0 Å². The molecule has 0 atom stereocenters. The van der Waals surface area contributed by atoms with Crippen LogP contribution in [0.3, 0.4) is 0 Å². The van der Waals surface area contributed by atoms with Gasteiger partial charge in [0.2, 0.25) is 0 Å². The second-order valence-electron chi connectivity index (χ2n) is 6.08. The number of rotatable bonds is 8. The summed E-state index contributed by atoms with van der Waals surface area (Å²) in [5.41, 5.74) is 2.41. The first kappa shape index (κ1) is 33.6. The molecule has 0 saturated heterocycles. The number of carboxylic acids is 4. The molecule has 0 fully saturated rings. The van der Waals surface area contributed by atoms with Crippen LogP contribution in [-0.2, 0) is 53.1 Å². The third-order valence-electron chi connectivity index (χ3n) is 3.58. The molecule has 2 aromatic carbocycles. The summed E-state index contributed by atoms with van der Waals surface area (Å²) in [6.07, 6.45) is 3.67. The van der Waals surface area contributed by atoms with Crippen LogP contribution in [0.2, 0.25) is 0 Å². The predicted molar refractivity (Wildman–Crippen MR) is 116 cm³/mol. The molecule has 0 amide bonds. The zero-order valence-corrected chi connectivity index (χ0v) is 20.0. The minimum atomic E-state index is -1.82. The second-order valence-corrected chi connectivity index (χ2v) is 6.08. The Hall–Kier alpha value is -2.99. The van der Waals surface area contributed by atoms with Crippen molar-refractivity contribution >= 4 is 23.9 Å². The van der Waals surface area contributed by atoms with E-state index in [4.69, 9.17) is 30.0 Å². The minimum Gasteiger partial charge on any atom is -0.481 e. The van der Waals surface area contributed by atoms with Crippen LogP contribution in [0, 0.1) is 7.43 Å². The molecule has 4 N–H and O–H groups in total. The zero-order valence-electron chi connectivity index (χ0n) is 17.8. The average Bonchev–Trinajstić information content (AvgIpc) is 2.70. The first-order valence-corrected chi connectivity index (χ1v) is 9.20. The van der Waals surface area contributed by atoms with Crippen LogP contribution < -0.4 is 0 Å². The standard InChI is InChI=1S/2C10H12O2.C2H2O4.CH3.Pt/c2*11-10(12)8-4-7-9-5-2-1-3-6-9;3-1(4)2(5)6;;/h2*1-3,5-6H,4,7-8H2,(H,11,12);(H,3,4)(H,5,6);1H3;/q;;;-1;. The number of carboxylic acid groups (broad SMARTS) is 4. The van der Waals surface area contributed by atoms with Gasteiger partial charge in [0.15, 0.2) is 0 Å². The van der Waals surface area contributed by atoms with Gasteiger partial charge >= 0.3 is 23.9 Å². The monoisotopic (exact) mass is 628 g/mol. The SMILES string of the molecule is O=C(O)C(=O)O.O=C(O)CCCc1ccccc1.O=C(O)CCCc1ccccc1.[CH3-].[Pt]. The normalized spacial score (nSPS) is 8.62. The van der Waals surface area contributed by atoms with Gasteiger partial charge in [0, 0.05) is 33.9 Å². The Kier molecular flexibility index (Phi) is 22.3. The van der Waals surface area contributed by atoms with Crippen molar-refractivity contribution in [2.45, 2.75) is 38.5 Å². The van der Waals surface area contributed by atoms with E-state index in [2.05, 4.69) is 0 Å². The van der Waals surface area contributed by atoms with E-state index in [1.807, 2.05) is 60.7 Å². The summed E-state index contributed by atoms with van der Waals surface area (Å²) < 4.78 is 0. The summed E-state index contributed by atoms with van der Waals surface area (Å²) in [6, 6.07) is 19.9. The van der Waals surface area contributed by atoms with Gasteiger partial charge in [0.25, 0.3) is 0 Å². The molecule has 180 valence electrons. The summed E-state index contributed by atoms with van der Waals surface area (Å²) in [5.74, 6) is -5.08. The van der Waals surface area contributed by atoms with Gasteiger partial charge in [-0.05, 0) is 36.8 Å². The molecule has 0 bridgehead atoms. The van der Waals surface area contributed by atoms with Crippen molar-refractivity contribution in [2.24, 2.45) is 0 Å². The third kappa shape index (κ3) is 21.7. The van der Waals surface area contributed by atoms with Crippen LogP contribution in [0.1, 0.15) is 36.8 Å². The van der Waals surface area contributed by atoms with Crippen LogP contribution in [0.15, 0.2) is 60.7 Å². The van der Waals surface area contributed by atoms with E-state index in [0.717, 1.165) is 25.7 Å². The van der Waals surface area contributed by atoms with E-state index in [-0.39, 0.29) is 41.3 Å². The van der Waals surface area contributed by atoms with Gasteiger partial charge in [0.1, 0.15) is 0 Å². The van der Waals surface area contributed by atoms with Crippen molar-refractivity contribution < 1.29 is 60.7 Å². The van der Waals surface area contributed by atoms with E-state index in [9.17, 15) is 9.59 Å². The van der Waals surface area contributed by atoms with Crippen molar-refractivity contribution in [1.29, 1.82) is 0 Å². The Labute approximate surface area is 202 Å². The Morgan fingerprint density at radius 2 is 0.844 bits per heavy atom. The molecular formula is C23H29O8Pt-. The fraction of sp³-hybridized carbons (Fsp3) is 0.261. The maximum Gasteiger partial charge on any atom is 0.414 e. The van der Waals surface area contributed by atoms with Crippen LogP contribution in [0.5, 0.6) is 0 Å². The number of aliphatic carboxylic acids is 4. The molecule has 8 nitrogen and oxygen atoms in total. The molecule has 0 heterocycles. The third-order valence-corrected chi connectivity index (χ3v) is 3.58. The Morgan fingerprint density at radius 1 is 0.562 bits per heavy atom. The van der Waals surface area contributed by atoms with Crippen LogP contribution in [0.4, 0.5) is 0 Å². The first-order chi connectivity index (χ1) is 14.2. The van der Waals surface area contributed by atoms with Crippen LogP contribution >= 0.6 is 0 Å². The van der Waals surface area contributed by atoms with E-state index in [0.29, 0.717) is 0 Å². The predicted octanol–water partition coefficient (Wildman–Crippen LogP) is 3.79. The molecule has 9 heteroatoms. The van der Waals surface area contributed by atoms with Crippen LogP contribution in [0.25, 0.3) is 0 Å². The molecule has 0 radical (unpaired) electrons. The molecule has 2 rings (SSSR count). The zero-order chi connectivity index (χ0) is 22.8. The number of benzene rings is 2. The van der Waals surface area contributed by atoms with Crippen LogP contribution in [-0.4, -0.2) is 44.3 Å². The largest absolute Gasteiger partial charge is 0.481 e. The molecule has 32 heavy (non-hydrogen) atoms. The minimum absolute atomic E-state index is 0. The number of carbonyl (C=O) groups is 4. The Bertz CT molecular complexity index is 712. The molecular weight excluding hydrogens is 599 g/mol. The van der Waals surface area contributed by atoms with Gasteiger partial charge in [-0.25, -0.2) is 9.59 Å². The van der Waals surface area contributed by atoms with Gasteiger partial charge < -0.3 is 27.9 Å². The summed E-state index contributed by atoms with van der Waals surface area (Å²) in [6.45, 7) is 0. The number of hydrogen-bond acceptors (Lipinski definition) is 4. The van der Waals surface area contributed by atoms with Crippen molar-refractivity contribution in [1.82, 2.24) is 0 Å². The molecule has 0 saturated carbocycles. The smallest absolute Gasteiger partial charge is 0.414 e. The maximum absolute atomic E-state index is 10.2. The Morgan fingerprint density at radius 3 is 1.06 bits per heavy atom. The van der Waals surface area contributed by atoms with Gasteiger partial charge in [-0.3, -0.25) is 9.59 Å². The van der Waals surface area contributed by atoms with Gasteiger partial charge in [-0.2, -0.15) is 0 Å². The molecule has 2 aromatic rings. The Balaban J connectivity index is -0.000000404. The van der Waals surface area contributed by atoms with Crippen molar-refractivity contribution in [3.63, 3.8) is 0 Å². The van der Waals surface area contributed by atoms with E-state index in [1.54, 1.807) is 0 Å². The van der Waals surface area contributed by atoms with Gasteiger partial charge in [-0.1, -0.05) is 60.7 Å². The molecule has 0 aromatic heterocycles. The quantitative estimate of drug-likeness (QED) is 0.255. The molecule has 0 aliphatic rings. The topological polar surface area (TPSA) is 149 Å². The molecule has 0 spiro atoms. The average molecular weight is 629 g/mol. The molecule has 0 aliphatic heterocycles. The van der Waals surface area contributed by atoms with E-state index < -0.39 is 23.9 Å². The maximum atomic E-state index is 10.2. The van der Waals surface area contributed by atoms with Gasteiger partial charge in [0.05, 0.1) is 0 Å². The number of aryl methyl sites for hydroxylation is 2. The summed E-state index contributed by atoms with van der Waals surface area (Å²) in [7, 11) is 0. The fourth-order valence-corrected chi connectivity index (χ4v) is 2.18. The molecule has 0 aliphatic carbocycles. The van der Waals surface area contributed by atoms with Crippen molar-refractivity contribution in [2.75, 3.05) is 0 Å². The first-order valence-electron chi connectivity index (χ1n) is 9.20. The second kappa shape index (κ2) is 21.2. The molecule has 0 unspecified atom stereocenters. The summed E-state index contributed by atoms with van der Waals surface area (Å²) in [4.78, 5) is 38.6. The van der Waals surface area contributed by atoms with E-state index >= 15 is 0 Å². The van der Waals surface area contributed by atoms with E-state index in [1.165, 1.54) is 11.1 Å².